The number of benzodiazepines with no additional fused rings is 1. The van der Waals surface area contributed by atoms with Crippen LogP contribution >= 0.6 is 15.9 Å². The zero-order valence-electron chi connectivity index (χ0n) is 13.5. The number of anilines is 1. The fourth-order valence-corrected chi connectivity index (χ4v) is 2.94. The summed E-state index contributed by atoms with van der Waals surface area (Å²) in [5, 5.41) is 2.89. The molecule has 0 fully saturated rings. The van der Waals surface area contributed by atoms with Gasteiger partial charge < -0.3 is 10.1 Å². The van der Waals surface area contributed by atoms with Gasteiger partial charge in [0, 0.05) is 22.7 Å². The Morgan fingerprint density at radius 2 is 2.16 bits per heavy atom. The highest BCUT2D eigenvalue weighted by atomic mass is 79.9. The SMILES string of the molecule is COC(=O)CC[C@@H]1N=C(c2ccccn2)c2cc(Br)ccc2NC1=O. The summed E-state index contributed by atoms with van der Waals surface area (Å²) in [7, 11) is 1.32. The molecule has 128 valence electrons. The Hall–Kier alpha value is -2.54. The summed E-state index contributed by atoms with van der Waals surface area (Å²) in [5.74, 6) is -0.620. The van der Waals surface area contributed by atoms with Gasteiger partial charge in [-0.2, -0.15) is 0 Å². The van der Waals surface area contributed by atoms with Gasteiger partial charge in [0.15, 0.2) is 0 Å². The molecule has 1 atom stereocenters. The molecule has 2 aromatic rings. The highest BCUT2D eigenvalue weighted by molar-refractivity contribution is 9.10. The van der Waals surface area contributed by atoms with Crippen LogP contribution in [0.5, 0.6) is 0 Å². The van der Waals surface area contributed by atoms with Crippen molar-refractivity contribution < 1.29 is 14.3 Å². The average molecular weight is 402 g/mol. The van der Waals surface area contributed by atoms with Crippen molar-refractivity contribution in [3.63, 3.8) is 0 Å². The number of halogens is 1. The van der Waals surface area contributed by atoms with Crippen LogP contribution in [0, 0.1) is 0 Å². The standard InChI is InChI=1S/C18H16BrN3O3/c1-25-16(23)8-7-15-18(24)22-13-6-5-11(19)10-12(13)17(21-15)14-4-2-3-9-20-14/h2-6,9-10,15H,7-8H2,1H3,(H,22,24)/t15-/m0/s1. The number of carbonyl (C=O) groups excluding carboxylic acids is 2. The topological polar surface area (TPSA) is 80.7 Å². The number of hydrogen-bond acceptors (Lipinski definition) is 5. The lowest BCUT2D eigenvalue weighted by atomic mass is 10.0. The van der Waals surface area contributed by atoms with Gasteiger partial charge >= 0.3 is 5.97 Å². The summed E-state index contributed by atoms with van der Waals surface area (Å²) in [6.07, 6.45) is 2.07. The van der Waals surface area contributed by atoms with Crippen molar-refractivity contribution in [2.24, 2.45) is 4.99 Å². The number of carbonyl (C=O) groups is 2. The van der Waals surface area contributed by atoms with Crippen molar-refractivity contribution in [3.8, 4) is 0 Å². The molecule has 0 saturated carbocycles. The van der Waals surface area contributed by atoms with E-state index in [0.717, 1.165) is 10.0 Å². The first-order chi connectivity index (χ1) is 12.1. The third-order valence-corrected chi connectivity index (χ3v) is 4.33. The lowest BCUT2D eigenvalue weighted by Gasteiger charge is -2.10. The maximum Gasteiger partial charge on any atom is 0.305 e. The Labute approximate surface area is 153 Å². The third-order valence-electron chi connectivity index (χ3n) is 3.84. The van der Waals surface area contributed by atoms with E-state index in [4.69, 9.17) is 0 Å². The van der Waals surface area contributed by atoms with Crippen molar-refractivity contribution >= 4 is 39.2 Å². The van der Waals surface area contributed by atoms with Crippen LogP contribution in [0.15, 0.2) is 52.1 Å². The van der Waals surface area contributed by atoms with Crippen molar-refractivity contribution in [2.75, 3.05) is 12.4 Å². The molecule has 0 unspecified atom stereocenters. The molecule has 1 aliphatic rings. The largest absolute Gasteiger partial charge is 0.469 e. The molecule has 0 bridgehead atoms. The van der Waals surface area contributed by atoms with Crippen LogP contribution in [0.4, 0.5) is 5.69 Å². The lowest BCUT2D eigenvalue weighted by molar-refractivity contribution is -0.140. The van der Waals surface area contributed by atoms with Gasteiger partial charge in [0.2, 0.25) is 5.91 Å². The zero-order valence-corrected chi connectivity index (χ0v) is 15.1. The minimum Gasteiger partial charge on any atom is -0.469 e. The highest BCUT2D eigenvalue weighted by Gasteiger charge is 2.27. The number of esters is 1. The Kier molecular flexibility index (Phi) is 5.23. The quantitative estimate of drug-likeness (QED) is 0.798. The fraction of sp³-hybridized carbons (Fsp3) is 0.222. The van der Waals surface area contributed by atoms with Crippen LogP contribution in [-0.2, 0) is 14.3 Å². The van der Waals surface area contributed by atoms with Crippen molar-refractivity contribution in [1.82, 2.24) is 4.98 Å². The summed E-state index contributed by atoms with van der Waals surface area (Å²) in [5.41, 5.74) is 2.73. The monoisotopic (exact) mass is 401 g/mol. The molecule has 7 heteroatoms. The van der Waals surface area contributed by atoms with Gasteiger partial charge in [-0.25, -0.2) is 0 Å². The van der Waals surface area contributed by atoms with Crippen LogP contribution < -0.4 is 5.32 Å². The molecule has 3 rings (SSSR count). The summed E-state index contributed by atoms with van der Waals surface area (Å²) in [4.78, 5) is 33.0. The third kappa shape index (κ3) is 3.93. The van der Waals surface area contributed by atoms with E-state index in [1.807, 2.05) is 36.4 Å². The maximum absolute atomic E-state index is 12.5. The zero-order chi connectivity index (χ0) is 17.8. The molecule has 1 aliphatic heterocycles. The molecule has 0 spiro atoms. The van der Waals surface area contributed by atoms with Crippen LogP contribution in [0.3, 0.4) is 0 Å². The average Bonchev–Trinajstić information content (AvgIpc) is 2.76. The second-order valence-electron chi connectivity index (χ2n) is 5.50. The number of pyridine rings is 1. The smallest absolute Gasteiger partial charge is 0.305 e. The number of benzene rings is 1. The van der Waals surface area contributed by atoms with E-state index in [1.54, 1.807) is 6.20 Å². The van der Waals surface area contributed by atoms with E-state index < -0.39 is 6.04 Å². The number of fused-ring (bicyclic) bond motifs is 1. The van der Waals surface area contributed by atoms with Gasteiger partial charge in [-0.15, -0.1) is 0 Å². The van der Waals surface area contributed by atoms with Gasteiger partial charge in [0.25, 0.3) is 0 Å². The lowest BCUT2D eigenvalue weighted by Crippen LogP contribution is -2.26. The number of hydrogen-bond donors (Lipinski definition) is 1. The normalized spacial score (nSPS) is 16.3. The van der Waals surface area contributed by atoms with Gasteiger partial charge in [0.05, 0.1) is 24.2 Å². The molecule has 1 N–H and O–H groups in total. The van der Waals surface area contributed by atoms with E-state index in [0.29, 0.717) is 17.1 Å². The number of methoxy groups -OCH3 is 1. The molecule has 1 amide bonds. The summed E-state index contributed by atoms with van der Waals surface area (Å²) in [6.45, 7) is 0. The van der Waals surface area contributed by atoms with Crippen molar-refractivity contribution in [1.29, 1.82) is 0 Å². The number of nitrogens with one attached hydrogen (secondary N) is 1. The highest BCUT2D eigenvalue weighted by Crippen LogP contribution is 2.27. The molecule has 0 aliphatic carbocycles. The second kappa shape index (κ2) is 7.57. The van der Waals surface area contributed by atoms with E-state index in [1.165, 1.54) is 7.11 Å². The predicted octanol–water partition coefficient (Wildman–Crippen LogP) is 2.96. The van der Waals surface area contributed by atoms with E-state index in [-0.39, 0.29) is 24.7 Å². The fourth-order valence-electron chi connectivity index (χ4n) is 2.58. The molecular weight excluding hydrogens is 386 g/mol. The molecular formula is C18H16BrN3O3. The van der Waals surface area contributed by atoms with Crippen LogP contribution in [0.25, 0.3) is 0 Å². The first-order valence-corrected chi connectivity index (χ1v) is 8.54. The molecule has 1 aromatic heterocycles. The van der Waals surface area contributed by atoms with E-state index in [9.17, 15) is 9.59 Å². The van der Waals surface area contributed by atoms with Crippen LogP contribution in [0.2, 0.25) is 0 Å². The summed E-state index contributed by atoms with van der Waals surface area (Å²) >= 11 is 3.46. The van der Waals surface area contributed by atoms with Crippen LogP contribution in [0.1, 0.15) is 24.1 Å². The van der Waals surface area contributed by atoms with E-state index >= 15 is 0 Å². The summed E-state index contributed by atoms with van der Waals surface area (Å²) < 4.78 is 5.53. The molecule has 25 heavy (non-hydrogen) atoms. The van der Waals surface area contributed by atoms with E-state index in [2.05, 4.69) is 36.0 Å². The Balaban J connectivity index is 2.05. The minimum absolute atomic E-state index is 0.119. The Bertz CT molecular complexity index is 837. The van der Waals surface area contributed by atoms with Crippen LogP contribution in [-0.4, -0.2) is 35.7 Å². The number of ether oxygens (including phenoxy) is 1. The van der Waals surface area contributed by atoms with Gasteiger partial charge in [0.1, 0.15) is 6.04 Å². The van der Waals surface area contributed by atoms with Crippen molar-refractivity contribution in [2.45, 2.75) is 18.9 Å². The molecule has 0 saturated heterocycles. The number of aromatic nitrogens is 1. The molecule has 0 radical (unpaired) electrons. The second-order valence-corrected chi connectivity index (χ2v) is 6.42. The molecule has 1 aromatic carbocycles. The Morgan fingerprint density at radius 3 is 2.88 bits per heavy atom. The maximum atomic E-state index is 12.5. The van der Waals surface area contributed by atoms with Gasteiger partial charge in [-0.1, -0.05) is 22.0 Å². The summed E-state index contributed by atoms with van der Waals surface area (Å²) in [6, 6.07) is 10.4. The number of aliphatic imine (C=N–C) groups is 1. The first kappa shape index (κ1) is 17.3. The Morgan fingerprint density at radius 1 is 1.32 bits per heavy atom. The molecule has 2 heterocycles. The minimum atomic E-state index is -0.692. The van der Waals surface area contributed by atoms with Gasteiger partial charge in [-0.3, -0.25) is 19.6 Å². The number of nitrogens with zero attached hydrogens (tertiary/aromatic N) is 2. The van der Waals surface area contributed by atoms with Gasteiger partial charge in [-0.05, 0) is 36.8 Å². The number of amides is 1. The van der Waals surface area contributed by atoms with Crippen molar-refractivity contribution in [3.05, 3.63) is 58.3 Å². The number of rotatable bonds is 4. The molecule has 6 nitrogen and oxygen atoms in total. The first-order valence-electron chi connectivity index (χ1n) is 7.75. The predicted molar refractivity (Wildman–Crippen MR) is 97.7 cm³/mol.